The Labute approximate surface area is 192 Å². The molecule has 0 aromatic heterocycles. The van der Waals surface area contributed by atoms with Crippen molar-refractivity contribution >= 4 is 31.4 Å². The summed E-state index contributed by atoms with van der Waals surface area (Å²) in [6.45, 7) is 1.72. The summed E-state index contributed by atoms with van der Waals surface area (Å²) in [4.78, 5) is 0.148. The van der Waals surface area contributed by atoms with Crippen LogP contribution in [0.25, 0.3) is 0 Å². The van der Waals surface area contributed by atoms with Gasteiger partial charge >= 0.3 is 0 Å². The molecular formula is C23H22FN3O4S2. The van der Waals surface area contributed by atoms with E-state index in [0.29, 0.717) is 28.1 Å². The van der Waals surface area contributed by atoms with Crippen LogP contribution in [0.15, 0.2) is 82.8 Å². The van der Waals surface area contributed by atoms with Crippen LogP contribution in [0.2, 0.25) is 0 Å². The number of anilines is 1. The van der Waals surface area contributed by atoms with Crippen molar-refractivity contribution in [2.45, 2.75) is 24.3 Å². The molecule has 0 aliphatic carbocycles. The second kappa shape index (κ2) is 8.60. The zero-order valence-electron chi connectivity index (χ0n) is 17.9. The predicted molar refractivity (Wildman–Crippen MR) is 125 cm³/mol. The number of hydrogen-bond acceptors (Lipinski definition) is 5. The van der Waals surface area contributed by atoms with Crippen molar-refractivity contribution in [3.8, 4) is 0 Å². The van der Waals surface area contributed by atoms with Crippen molar-refractivity contribution in [1.29, 1.82) is 0 Å². The molecule has 10 heteroatoms. The first kappa shape index (κ1) is 22.9. The lowest BCUT2D eigenvalue weighted by atomic mass is 9.99. The third kappa shape index (κ3) is 4.91. The monoisotopic (exact) mass is 487 g/mol. The summed E-state index contributed by atoms with van der Waals surface area (Å²) < 4.78 is 67.0. The molecule has 0 saturated heterocycles. The van der Waals surface area contributed by atoms with Crippen molar-refractivity contribution in [3.05, 3.63) is 95.3 Å². The first-order chi connectivity index (χ1) is 15.5. The van der Waals surface area contributed by atoms with Gasteiger partial charge in [0.25, 0.3) is 10.0 Å². The van der Waals surface area contributed by atoms with Gasteiger partial charge < -0.3 is 0 Å². The van der Waals surface area contributed by atoms with Gasteiger partial charge in [-0.15, -0.1) is 0 Å². The maximum absolute atomic E-state index is 13.6. The molecule has 0 amide bonds. The smallest absolute Gasteiger partial charge is 0.279 e. The van der Waals surface area contributed by atoms with Crippen LogP contribution in [0, 0.1) is 12.7 Å². The number of hydrazone groups is 1. The Kier molecular flexibility index (Phi) is 5.98. The maximum atomic E-state index is 13.6. The third-order valence-electron chi connectivity index (χ3n) is 5.27. The number of benzene rings is 3. The number of aryl methyl sites for hydroxylation is 1. The standard InChI is InChI=1S/C23H22FN3O4S2/c1-16-5-3-4-6-23(16)33(30,31)27-22(18-7-11-19(24)12-8-18)15-21(25-27)17-9-13-20(14-10-17)26-32(2,28)29/h3-14,22,26H,15H2,1-2H3/t22-/m0/s1. The Bertz CT molecular complexity index is 1420. The van der Waals surface area contributed by atoms with E-state index >= 15 is 0 Å². The molecule has 0 radical (unpaired) electrons. The zero-order valence-corrected chi connectivity index (χ0v) is 19.6. The molecule has 3 aromatic carbocycles. The fraction of sp³-hybridized carbons (Fsp3) is 0.174. The summed E-state index contributed by atoms with van der Waals surface area (Å²) >= 11 is 0. The average Bonchev–Trinajstić information content (AvgIpc) is 3.20. The lowest BCUT2D eigenvalue weighted by molar-refractivity contribution is 0.371. The molecular weight excluding hydrogens is 465 g/mol. The van der Waals surface area contributed by atoms with Gasteiger partial charge in [-0.25, -0.2) is 12.8 Å². The molecule has 1 N–H and O–H groups in total. The molecule has 3 aromatic rings. The molecule has 1 aliphatic heterocycles. The lowest BCUT2D eigenvalue weighted by Crippen LogP contribution is -2.28. The summed E-state index contributed by atoms with van der Waals surface area (Å²) in [6, 6.07) is 18.2. The molecule has 1 heterocycles. The summed E-state index contributed by atoms with van der Waals surface area (Å²) in [5, 5.41) is 4.46. The Morgan fingerprint density at radius 3 is 2.18 bits per heavy atom. The van der Waals surface area contributed by atoms with E-state index in [1.165, 1.54) is 18.2 Å². The summed E-state index contributed by atoms with van der Waals surface area (Å²) in [5.74, 6) is -0.417. The SMILES string of the molecule is Cc1ccccc1S(=O)(=O)N1N=C(c2ccc(NS(C)(=O)=O)cc2)C[C@H]1c1ccc(F)cc1. The Hall–Kier alpha value is -3.24. The molecule has 33 heavy (non-hydrogen) atoms. The molecule has 172 valence electrons. The highest BCUT2D eigenvalue weighted by Crippen LogP contribution is 2.38. The van der Waals surface area contributed by atoms with Gasteiger partial charge in [0.2, 0.25) is 10.0 Å². The quantitative estimate of drug-likeness (QED) is 0.568. The molecule has 1 aliphatic rings. The van der Waals surface area contributed by atoms with Gasteiger partial charge in [-0.3, -0.25) is 4.72 Å². The van der Waals surface area contributed by atoms with E-state index in [4.69, 9.17) is 0 Å². The molecule has 0 saturated carbocycles. The molecule has 4 rings (SSSR count). The minimum absolute atomic E-state index is 0.148. The van der Waals surface area contributed by atoms with Crippen LogP contribution >= 0.6 is 0 Å². The normalized spacial score (nSPS) is 16.5. The summed E-state index contributed by atoms with van der Waals surface area (Å²) in [6.07, 6.45) is 1.33. The maximum Gasteiger partial charge on any atom is 0.279 e. The van der Waals surface area contributed by atoms with Gasteiger partial charge in [-0.1, -0.05) is 42.5 Å². The molecule has 7 nitrogen and oxygen atoms in total. The molecule has 0 unspecified atom stereocenters. The van der Waals surface area contributed by atoms with Gasteiger partial charge in [-0.2, -0.15) is 17.9 Å². The Morgan fingerprint density at radius 1 is 0.939 bits per heavy atom. The van der Waals surface area contributed by atoms with Crippen molar-refractivity contribution in [1.82, 2.24) is 4.41 Å². The lowest BCUT2D eigenvalue weighted by Gasteiger charge is -2.24. The van der Waals surface area contributed by atoms with Crippen molar-refractivity contribution < 1.29 is 21.2 Å². The second-order valence-corrected chi connectivity index (χ2v) is 11.3. The predicted octanol–water partition coefficient (Wildman–Crippen LogP) is 4.05. The number of nitrogens with zero attached hydrogens (tertiary/aromatic N) is 2. The Balaban J connectivity index is 1.75. The van der Waals surface area contributed by atoms with E-state index < -0.39 is 31.9 Å². The van der Waals surface area contributed by atoms with Crippen LogP contribution in [0.1, 0.15) is 29.2 Å². The number of rotatable bonds is 6. The van der Waals surface area contributed by atoms with Crippen LogP contribution in [-0.4, -0.2) is 33.2 Å². The van der Waals surface area contributed by atoms with E-state index in [2.05, 4.69) is 9.82 Å². The van der Waals surface area contributed by atoms with Crippen LogP contribution in [0.3, 0.4) is 0 Å². The van der Waals surface area contributed by atoms with E-state index in [-0.39, 0.29) is 11.3 Å². The van der Waals surface area contributed by atoms with Crippen LogP contribution in [-0.2, 0) is 20.0 Å². The first-order valence-corrected chi connectivity index (χ1v) is 13.4. The molecule has 0 fully saturated rings. The van der Waals surface area contributed by atoms with E-state index in [1.54, 1.807) is 61.5 Å². The van der Waals surface area contributed by atoms with Gasteiger partial charge in [0, 0.05) is 12.1 Å². The minimum atomic E-state index is -3.99. The first-order valence-electron chi connectivity index (χ1n) is 10.1. The van der Waals surface area contributed by atoms with Crippen molar-refractivity contribution in [2.75, 3.05) is 11.0 Å². The Morgan fingerprint density at radius 2 is 1.58 bits per heavy atom. The van der Waals surface area contributed by atoms with E-state index in [0.717, 1.165) is 10.7 Å². The van der Waals surface area contributed by atoms with Crippen LogP contribution in [0.5, 0.6) is 0 Å². The molecule has 0 spiro atoms. The highest BCUT2D eigenvalue weighted by atomic mass is 32.2. The second-order valence-electron chi connectivity index (χ2n) is 7.81. The fourth-order valence-corrected chi connectivity index (χ4v) is 5.94. The fourth-order valence-electron chi connectivity index (χ4n) is 3.71. The number of sulfonamides is 2. The number of nitrogens with one attached hydrogen (secondary N) is 1. The van der Waals surface area contributed by atoms with Gasteiger partial charge in [0.05, 0.1) is 22.9 Å². The van der Waals surface area contributed by atoms with Crippen molar-refractivity contribution in [2.24, 2.45) is 5.10 Å². The van der Waals surface area contributed by atoms with Gasteiger partial charge in [-0.05, 0) is 53.9 Å². The molecule has 0 bridgehead atoms. The third-order valence-corrected chi connectivity index (χ3v) is 7.72. The van der Waals surface area contributed by atoms with Gasteiger partial charge in [0.1, 0.15) is 5.82 Å². The summed E-state index contributed by atoms with van der Waals surface area (Å²) in [5.41, 5.74) is 2.77. The highest BCUT2D eigenvalue weighted by Gasteiger charge is 2.38. The van der Waals surface area contributed by atoms with Crippen molar-refractivity contribution in [3.63, 3.8) is 0 Å². The average molecular weight is 488 g/mol. The number of halogens is 1. The number of hydrogen-bond donors (Lipinski definition) is 1. The largest absolute Gasteiger partial charge is 0.284 e. The summed E-state index contributed by atoms with van der Waals surface area (Å²) in [7, 11) is -7.41. The highest BCUT2D eigenvalue weighted by molar-refractivity contribution is 7.92. The topological polar surface area (TPSA) is 95.9 Å². The van der Waals surface area contributed by atoms with Crippen LogP contribution in [0.4, 0.5) is 10.1 Å². The van der Waals surface area contributed by atoms with Gasteiger partial charge in [0.15, 0.2) is 0 Å². The van der Waals surface area contributed by atoms with Crippen LogP contribution < -0.4 is 4.72 Å². The zero-order chi connectivity index (χ0) is 23.8. The molecule has 1 atom stereocenters. The van der Waals surface area contributed by atoms with E-state index in [1.807, 2.05) is 0 Å². The van der Waals surface area contributed by atoms with E-state index in [9.17, 15) is 21.2 Å². The minimum Gasteiger partial charge on any atom is -0.284 e.